The molecule has 0 atom stereocenters. The molecular weight excluding hydrogens is 362 g/mol. The predicted molar refractivity (Wildman–Crippen MR) is 113 cm³/mol. The average molecular weight is 377 g/mol. The van der Waals surface area contributed by atoms with E-state index in [1.54, 1.807) is 24.0 Å². The van der Waals surface area contributed by atoms with Gasteiger partial charge in [0.2, 0.25) is 0 Å². The highest BCUT2D eigenvalue weighted by Gasteiger charge is 2.26. The first-order valence-corrected chi connectivity index (χ1v) is 9.78. The first kappa shape index (κ1) is 16.6. The SMILES string of the molecule is N#Cc1ccnc(-c2ccccc2N2c3ccccc3Sc3ccccc32)c1. The Morgan fingerprint density at radius 3 is 2.04 bits per heavy atom. The lowest BCUT2D eigenvalue weighted by Gasteiger charge is -2.34. The van der Waals surface area contributed by atoms with Crippen molar-refractivity contribution in [3.05, 3.63) is 96.7 Å². The number of hydrogen-bond donors (Lipinski definition) is 0. The molecule has 0 bridgehead atoms. The van der Waals surface area contributed by atoms with Gasteiger partial charge in [0.25, 0.3) is 0 Å². The molecule has 1 aromatic heterocycles. The third kappa shape index (κ3) is 2.74. The zero-order valence-electron chi connectivity index (χ0n) is 14.9. The van der Waals surface area contributed by atoms with Crippen molar-refractivity contribution in [3.63, 3.8) is 0 Å². The summed E-state index contributed by atoms with van der Waals surface area (Å²) in [5.41, 5.74) is 5.74. The number of rotatable bonds is 2. The van der Waals surface area contributed by atoms with Crippen LogP contribution in [0.3, 0.4) is 0 Å². The smallest absolute Gasteiger partial charge is 0.0992 e. The summed E-state index contributed by atoms with van der Waals surface area (Å²) in [7, 11) is 0. The highest BCUT2D eigenvalue weighted by molar-refractivity contribution is 7.99. The van der Waals surface area contributed by atoms with Crippen LogP contribution in [0, 0.1) is 11.3 Å². The van der Waals surface area contributed by atoms with Crippen LogP contribution in [0.15, 0.2) is 101 Å². The van der Waals surface area contributed by atoms with Gasteiger partial charge in [-0.3, -0.25) is 4.98 Å². The van der Waals surface area contributed by atoms with Crippen LogP contribution < -0.4 is 4.90 Å². The van der Waals surface area contributed by atoms with E-state index < -0.39 is 0 Å². The Morgan fingerprint density at radius 1 is 0.750 bits per heavy atom. The fraction of sp³-hybridized carbons (Fsp3) is 0. The minimum absolute atomic E-state index is 0.606. The second-order valence-corrected chi connectivity index (χ2v) is 7.52. The molecule has 1 aliphatic rings. The summed E-state index contributed by atoms with van der Waals surface area (Å²) in [5.74, 6) is 0. The van der Waals surface area contributed by atoms with Gasteiger partial charge in [0.15, 0.2) is 0 Å². The maximum atomic E-state index is 9.30. The number of hydrogen-bond acceptors (Lipinski definition) is 4. The largest absolute Gasteiger partial charge is 0.308 e. The topological polar surface area (TPSA) is 39.9 Å². The van der Waals surface area contributed by atoms with Crippen LogP contribution >= 0.6 is 11.8 Å². The summed E-state index contributed by atoms with van der Waals surface area (Å²) in [4.78, 5) is 9.27. The molecule has 0 fully saturated rings. The van der Waals surface area contributed by atoms with Crippen LogP contribution in [-0.2, 0) is 0 Å². The monoisotopic (exact) mass is 377 g/mol. The zero-order valence-corrected chi connectivity index (χ0v) is 15.7. The van der Waals surface area contributed by atoms with E-state index >= 15 is 0 Å². The lowest BCUT2D eigenvalue weighted by molar-refractivity contribution is 1.16. The van der Waals surface area contributed by atoms with Gasteiger partial charge in [-0.15, -0.1) is 0 Å². The molecule has 0 N–H and O–H groups in total. The maximum Gasteiger partial charge on any atom is 0.0992 e. The highest BCUT2D eigenvalue weighted by atomic mass is 32.2. The summed E-state index contributed by atoms with van der Waals surface area (Å²) in [6, 6.07) is 30.9. The molecule has 4 heteroatoms. The minimum Gasteiger partial charge on any atom is -0.308 e. The lowest BCUT2D eigenvalue weighted by atomic mass is 10.0. The standard InChI is InChI=1S/C24H15N3S/c25-16-17-13-14-26-19(15-17)18-7-1-2-8-20(18)27-21-9-3-5-11-23(21)28-24-12-6-4-10-22(24)27/h1-15H. The van der Waals surface area contributed by atoms with Crippen molar-refractivity contribution in [2.24, 2.45) is 0 Å². The van der Waals surface area contributed by atoms with E-state index in [9.17, 15) is 5.26 Å². The molecule has 0 saturated heterocycles. The summed E-state index contributed by atoms with van der Waals surface area (Å²) in [6.07, 6.45) is 1.69. The van der Waals surface area contributed by atoms with Crippen LogP contribution in [0.1, 0.15) is 5.56 Å². The van der Waals surface area contributed by atoms with Gasteiger partial charge >= 0.3 is 0 Å². The molecular formula is C24H15N3S. The summed E-state index contributed by atoms with van der Waals surface area (Å²) >= 11 is 1.79. The van der Waals surface area contributed by atoms with Crippen molar-refractivity contribution in [3.8, 4) is 17.3 Å². The van der Waals surface area contributed by atoms with Crippen LogP contribution in [-0.4, -0.2) is 4.98 Å². The molecule has 0 saturated carbocycles. The third-order valence-corrected chi connectivity index (χ3v) is 5.87. The van der Waals surface area contributed by atoms with Gasteiger partial charge in [0.1, 0.15) is 0 Å². The number of pyridine rings is 1. The number of fused-ring (bicyclic) bond motifs is 2. The molecule has 2 heterocycles. The first-order chi connectivity index (χ1) is 13.8. The van der Waals surface area contributed by atoms with Crippen molar-refractivity contribution in [2.45, 2.75) is 9.79 Å². The van der Waals surface area contributed by atoms with Crippen LogP contribution in [0.25, 0.3) is 11.3 Å². The summed E-state index contributed by atoms with van der Waals surface area (Å²) in [5, 5.41) is 9.30. The molecule has 0 spiro atoms. The van der Waals surface area contributed by atoms with Crippen molar-refractivity contribution >= 4 is 28.8 Å². The van der Waals surface area contributed by atoms with Gasteiger partial charge in [-0.1, -0.05) is 54.2 Å². The fourth-order valence-electron chi connectivity index (χ4n) is 3.50. The molecule has 5 rings (SSSR count). The van der Waals surface area contributed by atoms with E-state index in [1.807, 2.05) is 18.2 Å². The Kier molecular flexibility index (Phi) is 4.08. The quantitative estimate of drug-likeness (QED) is 0.349. The normalized spacial score (nSPS) is 12.0. The molecule has 3 nitrogen and oxygen atoms in total. The molecule has 3 aromatic carbocycles. The fourth-order valence-corrected chi connectivity index (χ4v) is 4.55. The van der Waals surface area contributed by atoms with Crippen molar-refractivity contribution in [1.29, 1.82) is 5.26 Å². The highest BCUT2D eigenvalue weighted by Crippen LogP contribution is 2.52. The summed E-state index contributed by atoms with van der Waals surface area (Å²) in [6.45, 7) is 0. The van der Waals surface area contributed by atoms with E-state index in [0.717, 1.165) is 28.3 Å². The number of nitrogens with zero attached hydrogens (tertiary/aromatic N) is 3. The molecule has 4 aromatic rings. The van der Waals surface area contributed by atoms with Gasteiger partial charge in [0, 0.05) is 21.6 Å². The van der Waals surface area contributed by atoms with E-state index in [4.69, 9.17) is 0 Å². The lowest BCUT2D eigenvalue weighted by Crippen LogP contribution is -2.15. The van der Waals surface area contributed by atoms with Gasteiger partial charge in [-0.25, -0.2) is 0 Å². The van der Waals surface area contributed by atoms with Gasteiger partial charge in [-0.2, -0.15) is 5.26 Å². The van der Waals surface area contributed by atoms with Gasteiger partial charge in [-0.05, 0) is 42.5 Å². The van der Waals surface area contributed by atoms with Crippen LogP contribution in [0.5, 0.6) is 0 Å². The van der Waals surface area contributed by atoms with Crippen LogP contribution in [0.4, 0.5) is 17.1 Å². The Balaban J connectivity index is 1.76. The zero-order chi connectivity index (χ0) is 18.9. The molecule has 28 heavy (non-hydrogen) atoms. The maximum absolute atomic E-state index is 9.30. The molecule has 0 aliphatic carbocycles. The number of benzene rings is 3. The van der Waals surface area contributed by atoms with Gasteiger partial charge in [0.05, 0.1) is 34.4 Å². The summed E-state index contributed by atoms with van der Waals surface area (Å²) < 4.78 is 0. The Labute approximate surface area is 167 Å². The number of aromatic nitrogens is 1. The molecule has 0 radical (unpaired) electrons. The predicted octanol–water partition coefficient (Wildman–Crippen LogP) is 6.55. The Morgan fingerprint density at radius 2 is 1.36 bits per heavy atom. The van der Waals surface area contributed by atoms with E-state index in [0.29, 0.717) is 5.56 Å². The second kappa shape index (κ2) is 6.88. The molecule has 0 amide bonds. The second-order valence-electron chi connectivity index (χ2n) is 6.43. The number of para-hydroxylation sites is 3. The van der Waals surface area contributed by atoms with Crippen molar-refractivity contribution < 1.29 is 0 Å². The number of nitriles is 1. The minimum atomic E-state index is 0.606. The first-order valence-electron chi connectivity index (χ1n) is 8.97. The Hall–Kier alpha value is -3.55. The Bertz CT molecular complexity index is 1180. The van der Waals surface area contributed by atoms with Crippen molar-refractivity contribution in [2.75, 3.05) is 4.90 Å². The molecule has 1 aliphatic heterocycles. The number of anilines is 3. The average Bonchev–Trinajstić information content (AvgIpc) is 2.77. The molecule has 132 valence electrons. The van der Waals surface area contributed by atoms with Gasteiger partial charge < -0.3 is 4.90 Å². The van der Waals surface area contributed by atoms with E-state index in [-0.39, 0.29) is 0 Å². The molecule has 0 unspecified atom stereocenters. The third-order valence-electron chi connectivity index (χ3n) is 4.74. The van der Waals surface area contributed by atoms with E-state index in [2.05, 4.69) is 76.6 Å². The van der Waals surface area contributed by atoms with Crippen LogP contribution in [0.2, 0.25) is 0 Å². The van der Waals surface area contributed by atoms with Crippen molar-refractivity contribution in [1.82, 2.24) is 4.98 Å². The van der Waals surface area contributed by atoms with E-state index in [1.165, 1.54) is 9.79 Å².